The molecule has 2 aliphatic rings. The van der Waals surface area contributed by atoms with Crippen molar-refractivity contribution in [2.75, 3.05) is 0 Å². The highest BCUT2D eigenvalue weighted by Crippen LogP contribution is 2.37. The van der Waals surface area contributed by atoms with E-state index in [1.54, 1.807) is 0 Å². The largest absolute Gasteiger partial charge is 0.373 e. The van der Waals surface area contributed by atoms with E-state index in [0.717, 1.165) is 0 Å². The van der Waals surface area contributed by atoms with E-state index in [4.69, 9.17) is 9.47 Å². The van der Waals surface area contributed by atoms with Crippen LogP contribution >= 0.6 is 0 Å². The summed E-state index contributed by atoms with van der Waals surface area (Å²) in [5.74, 6) is 0.859. The van der Waals surface area contributed by atoms with Gasteiger partial charge >= 0.3 is 0 Å². The molecule has 96 valence electrons. The van der Waals surface area contributed by atoms with E-state index in [9.17, 15) is 0 Å². The van der Waals surface area contributed by atoms with Gasteiger partial charge in [-0.25, -0.2) is 0 Å². The molecular weight excluding hydrogens is 224 g/mol. The topological polar surface area (TPSA) is 18.5 Å². The first-order chi connectivity index (χ1) is 8.75. The number of benzene rings is 1. The zero-order valence-corrected chi connectivity index (χ0v) is 11.0. The Labute approximate surface area is 109 Å². The van der Waals surface area contributed by atoms with Crippen molar-refractivity contribution in [2.24, 2.45) is 11.8 Å². The van der Waals surface area contributed by atoms with E-state index < -0.39 is 0 Å². The van der Waals surface area contributed by atoms with Gasteiger partial charge in [-0.1, -0.05) is 56.3 Å². The summed E-state index contributed by atoms with van der Waals surface area (Å²) in [5, 5.41) is 0. The van der Waals surface area contributed by atoms with E-state index >= 15 is 0 Å². The minimum Gasteiger partial charge on any atom is -0.373 e. The molecule has 0 amide bonds. The Morgan fingerprint density at radius 2 is 1.61 bits per heavy atom. The van der Waals surface area contributed by atoms with Crippen molar-refractivity contribution in [1.82, 2.24) is 0 Å². The molecule has 0 aliphatic carbocycles. The Hall–Kier alpha value is -1.12. The van der Waals surface area contributed by atoms with Gasteiger partial charge in [0.05, 0.1) is 24.9 Å². The van der Waals surface area contributed by atoms with Gasteiger partial charge in [0.15, 0.2) is 0 Å². The number of rotatable bonds is 3. The normalized spacial score (nSPS) is 38.0. The van der Waals surface area contributed by atoms with Crippen LogP contribution in [0.1, 0.15) is 19.4 Å². The highest BCUT2D eigenvalue weighted by Gasteiger charge is 2.43. The van der Waals surface area contributed by atoms with E-state index in [1.165, 1.54) is 5.56 Å². The second-order valence-electron chi connectivity index (χ2n) is 5.43. The van der Waals surface area contributed by atoms with Crippen molar-refractivity contribution >= 4 is 0 Å². The standard InChI is InChI=1S/C16H20O2/c1-11-14-8-9-15(18-14)12(2)16(11)17-10-13-6-4-3-5-7-13/h3-9,11-12,14-16H,10H2,1-2H3/t11-,12+,14+,15-,16?. The molecule has 0 aromatic heterocycles. The average Bonchev–Trinajstić information content (AvgIpc) is 2.85. The van der Waals surface area contributed by atoms with Gasteiger partial charge in [-0.2, -0.15) is 0 Å². The third kappa shape index (κ3) is 2.11. The quantitative estimate of drug-likeness (QED) is 0.760. The van der Waals surface area contributed by atoms with Crippen molar-refractivity contribution < 1.29 is 9.47 Å². The Kier molecular flexibility index (Phi) is 3.23. The summed E-state index contributed by atoms with van der Waals surface area (Å²) in [5.41, 5.74) is 1.24. The van der Waals surface area contributed by atoms with Crippen LogP contribution in [0.4, 0.5) is 0 Å². The first kappa shape index (κ1) is 11.9. The molecule has 0 radical (unpaired) electrons. The van der Waals surface area contributed by atoms with Crippen LogP contribution < -0.4 is 0 Å². The maximum Gasteiger partial charge on any atom is 0.0815 e. The Morgan fingerprint density at radius 1 is 1.00 bits per heavy atom. The minimum absolute atomic E-state index is 0.243. The summed E-state index contributed by atoms with van der Waals surface area (Å²) >= 11 is 0. The smallest absolute Gasteiger partial charge is 0.0815 e. The Balaban J connectivity index is 1.66. The lowest BCUT2D eigenvalue weighted by molar-refractivity contribution is -0.145. The molecule has 1 unspecified atom stereocenters. The molecule has 2 nitrogen and oxygen atoms in total. The SMILES string of the molecule is C[C@@H]1C(OCc2ccccc2)[C@H](C)[C@@H]2C=C[C@H]1O2. The Bertz CT molecular complexity index is 408. The predicted molar refractivity (Wildman–Crippen MR) is 71.1 cm³/mol. The summed E-state index contributed by atoms with van der Waals surface area (Å²) in [7, 11) is 0. The monoisotopic (exact) mass is 244 g/mol. The van der Waals surface area contributed by atoms with Gasteiger partial charge in [0.2, 0.25) is 0 Å². The summed E-state index contributed by atoms with van der Waals surface area (Å²) in [6, 6.07) is 10.4. The van der Waals surface area contributed by atoms with Gasteiger partial charge in [0.1, 0.15) is 0 Å². The summed E-state index contributed by atoms with van der Waals surface area (Å²) in [6.45, 7) is 5.14. The van der Waals surface area contributed by atoms with Crippen molar-refractivity contribution in [2.45, 2.75) is 38.8 Å². The van der Waals surface area contributed by atoms with Crippen molar-refractivity contribution in [3.8, 4) is 0 Å². The van der Waals surface area contributed by atoms with E-state index in [-0.39, 0.29) is 18.3 Å². The summed E-state index contributed by atoms with van der Waals surface area (Å²) in [6.07, 6.45) is 5.15. The van der Waals surface area contributed by atoms with E-state index in [1.807, 2.05) is 6.07 Å². The maximum absolute atomic E-state index is 6.15. The highest BCUT2D eigenvalue weighted by atomic mass is 16.5. The fourth-order valence-electron chi connectivity index (χ4n) is 3.01. The number of ether oxygens (including phenoxy) is 2. The fourth-order valence-corrected chi connectivity index (χ4v) is 3.01. The van der Waals surface area contributed by atoms with Crippen LogP contribution in [0.5, 0.6) is 0 Å². The van der Waals surface area contributed by atoms with Gasteiger partial charge in [0.25, 0.3) is 0 Å². The lowest BCUT2D eigenvalue weighted by Crippen LogP contribution is -2.45. The molecule has 2 bridgehead atoms. The fraction of sp³-hybridized carbons (Fsp3) is 0.500. The van der Waals surface area contributed by atoms with E-state index in [0.29, 0.717) is 18.4 Å². The molecule has 2 heteroatoms. The van der Waals surface area contributed by atoms with Crippen molar-refractivity contribution in [3.05, 3.63) is 48.0 Å². The van der Waals surface area contributed by atoms with Gasteiger partial charge in [-0.15, -0.1) is 0 Å². The zero-order valence-electron chi connectivity index (χ0n) is 11.0. The number of hydrogen-bond acceptors (Lipinski definition) is 2. The number of hydrogen-bond donors (Lipinski definition) is 0. The molecule has 1 saturated heterocycles. The molecule has 5 atom stereocenters. The van der Waals surface area contributed by atoms with Gasteiger partial charge < -0.3 is 9.47 Å². The highest BCUT2D eigenvalue weighted by molar-refractivity contribution is 5.14. The zero-order chi connectivity index (χ0) is 12.5. The third-order valence-corrected chi connectivity index (χ3v) is 4.16. The molecule has 0 saturated carbocycles. The van der Waals surface area contributed by atoms with Crippen molar-refractivity contribution in [3.63, 3.8) is 0 Å². The molecule has 18 heavy (non-hydrogen) atoms. The van der Waals surface area contributed by atoms with Crippen LogP contribution in [0.15, 0.2) is 42.5 Å². The maximum atomic E-state index is 6.15. The number of fused-ring (bicyclic) bond motifs is 2. The van der Waals surface area contributed by atoms with Crippen LogP contribution in [-0.4, -0.2) is 18.3 Å². The molecule has 3 rings (SSSR count). The molecule has 1 aromatic carbocycles. The second kappa shape index (κ2) is 4.87. The third-order valence-electron chi connectivity index (χ3n) is 4.16. The van der Waals surface area contributed by atoms with Crippen LogP contribution in [0.25, 0.3) is 0 Å². The van der Waals surface area contributed by atoms with Crippen LogP contribution in [0.3, 0.4) is 0 Å². The van der Waals surface area contributed by atoms with Crippen molar-refractivity contribution in [1.29, 1.82) is 0 Å². The summed E-state index contributed by atoms with van der Waals surface area (Å²) in [4.78, 5) is 0. The molecular formula is C16H20O2. The lowest BCUT2D eigenvalue weighted by atomic mass is 9.86. The first-order valence-corrected chi connectivity index (χ1v) is 6.75. The predicted octanol–water partition coefficient (Wildman–Crippen LogP) is 3.18. The first-order valence-electron chi connectivity index (χ1n) is 6.75. The molecule has 0 N–H and O–H groups in total. The summed E-state index contributed by atoms with van der Waals surface area (Å²) < 4.78 is 12.1. The van der Waals surface area contributed by atoms with Crippen LogP contribution in [0, 0.1) is 11.8 Å². The van der Waals surface area contributed by atoms with Crippen LogP contribution in [0.2, 0.25) is 0 Å². The van der Waals surface area contributed by atoms with Crippen LogP contribution in [-0.2, 0) is 16.1 Å². The lowest BCUT2D eigenvalue weighted by Gasteiger charge is -2.39. The molecule has 1 fully saturated rings. The molecule has 1 aromatic rings. The van der Waals surface area contributed by atoms with E-state index in [2.05, 4.69) is 50.3 Å². The molecule has 0 spiro atoms. The van der Waals surface area contributed by atoms with Gasteiger partial charge in [-0.3, -0.25) is 0 Å². The molecule has 2 heterocycles. The second-order valence-corrected chi connectivity index (χ2v) is 5.43. The minimum atomic E-state index is 0.243. The Morgan fingerprint density at radius 3 is 2.22 bits per heavy atom. The molecule has 2 aliphatic heterocycles. The average molecular weight is 244 g/mol. The van der Waals surface area contributed by atoms with Gasteiger partial charge in [0, 0.05) is 11.8 Å². The van der Waals surface area contributed by atoms with Gasteiger partial charge in [-0.05, 0) is 5.56 Å².